The van der Waals surface area contributed by atoms with E-state index < -0.39 is 17.4 Å². The lowest BCUT2D eigenvalue weighted by Gasteiger charge is -2.34. The predicted octanol–water partition coefficient (Wildman–Crippen LogP) is 3.26. The molecule has 1 amide bonds. The number of hydrogen-bond donors (Lipinski definition) is 0. The van der Waals surface area contributed by atoms with Crippen molar-refractivity contribution in [1.82, 2.24) is 4.90 Å². The van der Waals surface area contributed by atoms with E-state index >= 15 is 0 Å². The Labute approximate surface area is 138 Å². The Morgan fingerprint density at radius 1 is 1.35 bits per heavy atom. The number of rotatable bonds is 4. The van der Waals surface area contributed by atoms with Crippen molar-refractivity contribution in [2.45, 2.75) is 71.8 Å². The monoisotopic (exact) mass is 327 g/mol. The van der Waals surface area contributed by atoms with Crippen LogP contribution in [0.1, 0.15) is 54.4 Å². The SMILES string of the molecule is CCC/C(=C/[C@H]1COC(C)(C)N1C(=O)OC(C)(C)C)C(=O)OC. The molecule has 1 aliphatic heterocycles. The number of methoxy groups -OCH3 is 1. The quantitative estimate of drug-likeness (QED) is 0.586. The van der Waals surface area contributed by atoms with Gasteiger partial charge < -0.3 is 14.2 Å². The summed E-state index contributed by atoms with van der Waals surface area (Å²) < 4.78 is 16.0. The highest BCUT2D eigenvalue weighted by atomic mass is 16.6. The Bertz CT molecular complexity index is 476. The van der Waals surface area contributed by atoms with Crippen LogP contribution in [0.3, 0.4) is 0 Å². The highest BCUT2D eigenvalue weighted by Crippen LogP contribution is 2.31. The summed E-state index contributed by atoms with van der Waals surface area (Å²) in [5.74, 6) is -0.374. The zero-order chi connectivity index (χ0) is 17.8. The summed E-state index contributed by atoms with van der Waals surface area (Å²) in [6.07, 6.45) is 2.70. The third-order valence-corrected chi connectivity index (χ3v) is 3.47. The second-order valence-electron chi connectivity index (χ2n) is 7.11. The van der Waals surface area contributed by atoms with Crippen molar-refractivity contribution in [3.8, 4) is 0 Å². The van der Waals surface area contributed by atoms with Gasteiger partial charge in [-0.1, -0.05) is 13.3 Å². The Morgan fingerprint density at radius 3 is 2.43 bits per heavy atom. The minimum atomic E-state index is -0.795. The standard InChI is InChI=1S/C17H29NO5/c1-8-9-12(14(19)21-7)10-13-11-22-17(5,6)18(13)15(20)23-16(2,3)4/h10,13H,8-9,11H2,1-7H3/b12-10-/t13-/m0/s1. The smallest absolute Gasteiger partial charge is 0.413 e. The molecule has 0 saturated carbocycles. The lowest BCUT2D eigenvalue weighted by Crippen LogP contribution is -2.49. The van der Waals surface area contributed by atoms with Gasteiger partial charge in [0.1, 0.15) is 11.3 Å². The van der Waals surface area contributed by atoms with Gasteiger partial charge in [0.25, 0.3) is 0 Å². The van der Waals surface area contributed by atoms with Crippen LogP contribution in [0.5, 0.6) is 0 Å². The molecule has 1 rings (SSSR count). The summed E-state index contributed by atoms with van der Waals surface area (Å²) in [5.41, 5.74) is -0.842. The molecule has 0 aromatic rings. The van der Waals surface area contributed by atoms with E-state index in [0.717, 1.165) is 6.42 Å². The van der Waals surface area contributed by atoms with Gasteiger partial charge in [0.2, 0.25) is 0 Å². The van der Waals surface area contributed by atoms with Crippen molar-refractivity contribution in [2.75, 3.05) is 13.7 Å². The van der Waals surface area contributed by atoms with Crippen molar-refractivity contribution < 1.29 is 23.8 Å². The van der Waals surface area contributed by atoms with Crippen LogP contribution in [0.4, 0.5) is 4.79 Å². The van der Waals surface area contributed by atoms with Gasteiger partial charge in [0, 0.05) is 5.57 Å². The maximum absolute atomic E-state index is 12.5. The van der Waals surface area contributed by atoms with Gasteiger partial charge in [-0.05, 0) is 47.1 Å². The number of ether oxygens (including phenoxy) is 3. The van der Waals surface area contributed by atoms with E-state index in [9.17, 15) is 9.59 Å². The lowest BCUT2D eigenvalue weighted by atomic mass is 10.1. The zero-order valence-corrected chi connectivity index (χ0v) is 15.3. The second-order valence-corrected chi connectivity index (χ2v) is 7.11. The molecule has 1 atom stereocenters. The van der Waals surface area contributed by atoms with Crippen molar-refractivity contribution in [2.24, 2.45) is 0 Å². The van der Waals surface area contributed by atoms with E-state index in [1.165, 1.54) is 12.0 Å². The van der Waals surface area contributed by atoms with Crippen LogP contribution >= 0.6 is 0 Å². The molecule has 0 N–H and O–H groups in total. The zero-order valence-electron chi connectivity index (χ0n) is 15.3. The fraction of sp³-hybridized carbons (Fsp3) is 0.765. The van der Waals surface area contributed by atoms with E-state index in [1.54, 1.807) is 6.08 Å². The third-order valence-electron chi connectivity index (χ3n) is 3.47. The number of carbonyl (C=O) groups excluding carboxylic acids is 2. The first-order valence-electron chi connectivity index (χ1n) is 7.97. The van der Waals surface area contributed by atoms with Crippen LogP contribution in [-0.4, -0.2) is 48.0 Å². The largest absolute Gasteiger partial charge is 0.466 e. The van der Waals surface area contributed by atoms with Crippen LogP contribution in [-0.2, 0) is 19.0 Å². The molecule has 0 unspecified atom stereocenters. The van der Waals surface area contributed by atoms with Gasteiger partial charge in [-0.15, -0.1) is 0 Å². The Kier molecular flexibility index (Phi) is 6.22. The summed E-state index contributed by atoms with van der Waals surface area (Å²) in [5, 5.41) is 0. The molecule has 6 nitrogen and oxygen atoms in total. The van der Waals surface area contributed by atoms with Gasteiger partial charge in [0.15, 0.2) is 0 Å². The molecule has 0 spiro atoms. The van der Waals surface area contributed by atoms with E-state index in [2.05, 4.69) is 0 Å². The summed E-state index contributed by atoms with van der Waals surface area (Å²) in [4.78, 5) is 26.0. The molecular formula is C17H29NO5. The summed E-state index contributed by atoms with van der Waals surface area (Å²) in [6, 6.07) is -0.361. The first kappa shape index (κ1) is 19.5. The highest BCUT2D eigenvalue weighted by Gasteiger charge is 2.45. The van der Waals surface area contributed by atoms with E-state index in [4.69, 9.17) is 14.2 Å². The Hall–Kier alpha value is -1.56. The molecule has 1 saturated heterocycles. The predicted molar refractivity (Wildman–Crippen MR) is 86.9 cm³/mol. The van der Waals surface area contributed by atoms with Gasteiger partial charge in [0.05, 0.1) is 19.8 Å². The molecule has 0 bridgehead atoms. The van der Waals surface area contributed by atoms with E-state index in [-0.39, 0.29) is 12.0 Å². The molecule has 0 aromatic carbocycles. The molecule has 132 valence electrons. The van der Waals surface area contributed by atoms with Gasteiger partial charge in [-0.3, -0.25) is 4.90 Å². The first-order chi connectivity index (χ1) is 10.5. The Morgan fingerprint density at radius 2 is 1.96 bits per heavy atom. The van der Waals surface area contributed by atoms with Crippen molar-refractivity contribution in [1.29, 1.82) is 0 Å². The molecule has 0 aliphatic carbocycles. The van der Waals surface area contributed by atoms with Gasteiger partial charge >= 0.3 is 12.1 Å². The summed E-state index contributed by atoms with van der Waals surface area (Å²) >= 11 is 0. The van der Waals surface area contributed by atoms with Crippen molar-refractivity contribution in [3.05, 3.63) is 11.6 Å². The van der Waals surface area contributed by atoms with Crippen LogP contribution in [0.15, 0.2) is 11.6 Å². The van der Waals surface area contributed by atoms with E-state index in [1.807, 2.05) is 41.5 Å². The third kappa shape index (κ3) is 5.23. The molecule has 6 heteroatoms. The van der Waals surface area contributed by atoms with E-state index in [0.29, 0.717) is 18.6 Å². The van der Waals surface area contributed by atoms with Crippen LogP contribution in [0.25, 0.3) is 0 Å². The number of hydrogen-bond acceptors (Lipinski definition) is 5. The summed E-state index contributed by atoms with van der Waals surface area (Å²) in [7, 11) is 1.35. The second kappa shape index (κ2) is 7.34. The topological polar surface area (TPSA) is 65.1 Å². The number of esters is 1. The van der Waals surface area contributed by atoms with Crippen molar-refractivity contribution in [3.63, 3.8) is 0 Å². The van der Waals surface area contributed by atoms with Crippen LogP contribution in [0, 0.1) is 0 Å². The number of nitrogens with zero attached hydrogens (tertiary/aromatic N) is 1. The average molecular weight is 327 g/mol. The maximum Gasteiger partial charge on any atom is 0.413 e. The molecular weight excluding hydrogens is 298 g/mol. The molecule has 23 heavy (non-hydrogen) atoms. The van der Waals surface area contributed by atoms with Gasteiger partial charge in [-0.25, -0.2) is 9.59 Å². The maximum atomic E-state index is 12.5. The minimum absolute atomic E-state index is 0.316. The molecule has 1 fully saturated rings. The molecule has 0 aromatic heterocycles. The fourth-order valence-electron chi connectivity index (χ4n) is 2.51. The average Bonchev–Trinajstić information content (AvgIpc) is 2.70. The normalized spacial score (nSPS) is 21.3. The van der Waals surface area contributed by atoms with Crippen molar-refractivity contribution >= 4 is 12.1 Å². The number of carbonyl (C=O) groups is 2. The van der Waals surface area contributed by atoms with Gasteiger partial charge in [-0.2, -0.15) is 0 Å². The summed E-state index contributed by atoms with van der Waals surface area (Å²) in [6.45, 7) is 11.4. The fourth-order valence-corrected chi connectivity index (χ4v) is 2.51. The Balaban J connectivity index is 3.08. The van der Waals surface area contributed by atoms with Crippen LogP contribution < -0.4 is 0 Å². The molecule has 0 radical (unpaired) electrons. The first-order valence-corrected chi connectivity index (χ1v) is 7.97. The number of amides is 1. The molecule has 1 heterocycles. The van der Waals surface area contributed by atoms with Crippen LogP contribution in [0.2, 0.25) is 0 Å². The molecule has 1 aliphatic rings. The lowest BCUT2D eigenvalue weighted by molar-refractivity contribution is -0.136. The minimum Gasteiger partial charge on any atom is -0.466 e. The highest BCUT2D eigenvalue weighted by molar-refractivity contribution is 5.88.